The Labute approximate surface area is 863 Å². The van der Waals surface area contributed by atoms with E-state index in [1.165, 1.54) is 47.4 Å². The minimum absolute atomic E-state index is 0.195. The van der Waals surface area contributed by atoms with E-state index in [4.69, 9.17) is 47.3 Å². The number of carbonyl (C=O) groups is 6. The Morgan fingerprint density at radius 3 is 1.16 bits per heavy atom. The lowest BCUT2D eigenvalue weighted by molar-refractivity contribution is -0.103. The SMILES string of the molecule is CC(C)(C)OC(=O)Nc1ccc(I)cn1.CCOP(=O)(Cc1nc2ccc(OC)cc2s1)OCC.CN(C(=O)OC(C)(C)C)c1ccc(C#CC=O)cn1.CN(C(=O)OC(C)(C)C)c1ccc(C#CCO)cn1.CN(C(=O)OC(C)(C)C)c1ccc(I)cn1.CNc1ccc(C#C/C=C/c2nc3ccc(C)cc3s2)cn1.COc1ccc2nc(/C=C/C#Cc3ccc(N(C)C(=O)OC(C)(C)C)nc3)sc2c1. The summed E-state index contributed by atoms with van der Waals surface area (Å²) in [5.41, 5.74) is 4.37. The number of aldehydes is 1. The van der Waals surface area contributed by atoms with Crippen molar-refractivity contribution < 1.29 is 80.6 Å². The number of aromatic nitrogens is 9. The lowest BCUT2D eigenvalue weighted by Gasteiger charge is -2.24. The van der Waals surface area contributed by atoms with Crippen LogP contribution in [0.15, 0.2) is 177 Å². The molecule has 38 heteroatoms. The predicted octanol–water partition coefficient (Wildman–Crippen LogP) is 23.2. The van der Waals surface area contributed by atoms with E-state index in [2.05, 4.69) is 173 Å². The topological polar surface area (TPSA) is 376 Å². The summed E-state index contributed by atoms with van der Waals surface area (Å²) in [5, 5.41) is 16.7. The number of aliphatic hydroxyl groups is 1. The smallest absolute Gasteiger partial charge is 0.415 e. The number of halogens is 2. The molecular weight excluding hydrogens is 2100 g/mol. The van der Waals surface area contributed by atoms with Gasteiger partial charge in [-0.3, -0.25) is 34.3 Å². The Bertz CT molecular complexity index is 6520. The predicted molar refractivity (Wildman–Crippen MR) is 579 cm³/mol. The number of nitrogens with one attached hydrogen (secondary N) is 2. The molecule has 0 saturated carbocycles. The van der Waals surface area contributed by atoms with Gasteiger partial charge < -0.3 is 52.6 Å². The fourth-order valence-electron chi connectivity index (χ4n) is 10.5. The first-order valence-corrected chi connectivity index (χ1v) is 49.9. The van der Waals surface area contributed by atoms with E-state index in [1.807, 2.05) is 154 Å². The summed E-state index contributed by atoms with van der Waals surface area (Å²) in [5.74, 6) is 27.2. The highest BCUT2D eigenvalue weighted by atomic mass is 127. The lowest BCUT2D eigenvalue weighted by Crippen LogP contribution is -2.34. The number of allylic oxidation sites excluding steroid dienone is 2. The van der Waals surface area contributed by atoms with Gasteiger partial charge >= 0.3 is 38.1 Å². The van der Waals surface area contributed by atoms with Crippen molar-refractivity contribution in [1.29, 1.82) is 0 Å². The third-order valence-electron chi connectivity index (χ3n) is 16.8. The van der Waals surface area contributed by atoms with Crippen LogP contribution in [0.1, 0.15) is 161 Å². The molecule has 32 nitrogen and oxygen atoms in total. The molecular formula is C103H118I2N15O17PS3. The zero-order chi connectivity index (χ0) is 104. The van der Waals surface area contributed by atoms with Gasteiger partial charge in [-0.25, -0.2) is 68.8 Å². The number of fused-ring (bicyclic) bond motifs is 3. The van der Waals surface area contributed by atoms with Crippen molar-refractivity contribution in [2.24, 2.45) is 0 Å². The fourth-order valence-corrected chi connectivity index (χ4v) is 16.0. The van der Waals surface area contributed by atoms with Gasteiger partial charge in [-0.1, -0.05) is 47.5 Å². The monoisotopic (exact) mass is 2220 g/mol. The molecule has 12 aromatic rings. The minimum atomic E-state index is -3.10. The molecule has 0 fully saturated rings. The molecule has 744 valence electrons. The van der Waals surface area contributed by atoms with Crippen molar-refractivity contribution in [2.45, 2.75) is 159 Å². The van der Waals surface area contributed by atoms with Crippen molar-refractivity contribution in [1.82, 2.24) is 44.9 Å². The van der Waals surface area contributed by atoms with Crippen LogP contribution in [0.25, 0.3) is 42.8 Å². The number of benzene rings is 3. The molecule has 0 aliphatic heterocycles. The van der Waals surface area contributed by atoms with E-state index in [0.29, 0.717) is 59.7 Å². The number of carbonyl (C=O) groups excluding carboxylic acids is 6. The summed E-state index contributed by atoms with van der Waals surface area (Å²) in [7, 11) is 8.45. The van der Waals surface area contributed by atoms with Gasteiger partial charge in [0.1, 0.15) is 102 Å². The van der Waals surface area contributed by atoms with E-state index in [9.17, 15) is 33.3 Å². The van der Waals surface area contributed by atoms with E-state index in [-0.39, 0.29) is 12.8 Å². The lowest BCUT2D eigenvalue weighted by atomic mass is 10.2. The Morgan fingerprint density at radius 1 is 0.447 bits per heavy atom. The van der Waals surface area contributed by atoms with Crippen molar-refractivity contribution >= 4 is 201 Å². The van der Waals surface area contributed by atoms with Gasteiger partial charge in [0.25, 0.3) is 0 Å². The molecule has 0 saturated heterocycles. The van der Waals surface area contributed by atoms with Crippen LogP contribution < -0.4 is 39.7 Å². The zero-order valence-electron chi connectivity index (χ0n) is 83.5. The van der Waals surface area contributed by atoms with Gasteiger partial charge in [-0.2, -0.15) is 0 Å². The summed E-state index contributed by atoms with van der Waals surface area (Å²) in [6.07, 6.45) is 15.6. The van der Waals surface area contributed by atoms with E-state index < -0.39 is 66.1 Å². The maximum atomic E-state index is 12.5. The van der Waals surface area contributed by atoms with Gasteiger partial charge in [0.15, 0.2) is 6.29 Å². The van der Waals surface area contributed by atoms with Crippen molar-refractivity contribution in [2.75, 3.05) is 99.5 Å². The summed E-state index contributed by atoms with van der Waals surface area (Å²) in [6.45, 7) is 33.4. The number of amides is 5. The van der Waals surface area contributed by atoms with Gasteiger partial charge in [0.05, 0.1) is 58.1 Å². The Kier molecular flexibility index (Phi) is 46.7. The summed E-state index contributed by atoms with van der Waals surface area (Å²) < 4.78 is 64.9. The second kappa shape index (κ2) is 56.4. The number of thiazole rings is 3. The van der Waals surface area contributed by atoms with Crippen LogP contribution in [0.2, 0.25) is 0 Å². The third kappa shape index (κ3) is 44.1. The van der Waals surface area contributed by atoms with Gasteiger partial charge in [-0.15, -0.1) is 34.0 Å². The molecule has 0 aliphatic carbocycles. The first kappa shape index (κ1) is 117. The Balaban J connectivity index is 0.000000255. The molecule has 12 rings (SSSR count). The molecule has 0 radical (unpaired) electrons. The number of hydrogen-bond donors (Lipinski definition) is 3. The second-order valence-corrected chi connectivity index (χ2v) is 42.2. The number of ether oxygens (including phenoxy) is 7. The van der Waals surface area contributed by atoms with E-state index >= 15 is 0 Å². The second-order valence-electron chi connectivity index (χ2n) is 34.4. The van der Waals surface area contributed by atoms with Gasteiger partial charge in [0, 0.05) is 102 Å². The summed E-state index contributed by atoms with van der Waals surface area (Å²) in [6, 6.07) is 39.1. The van der Waals surface area contributed by atoms with Crippen LogP contribution in [0.4, 0.5) is 58.9 Å². The molecule has 0 spiro atoms. The summed E-state index contributed by atoms with van der Waals surface area (Å²) >= 11 is 9.04. The Hall–Kier alpha value is -13.1. The molecule has 0 unspecified atom stereocenters. The van der Waals surface area contributed by atoms with Gasteiger partial charge in [-0.05, 0) is 327 Å². The number of anilines is 6. The number of aryl methyl sites for hydroxylation is 1. The van der Waals surface area contributed by atoms with E-state index in [0.717, 1.165) is 76.6 Å². The van der Waals surface area contributed by atoms with Gasteiger partial charge in [0.2, 0.25) is 0 Å². The molecule has 3 N–H and O–H groups in total. The maximum Gasteiger partial charge on any atom is 0.415 e. The highest BCUT2D eigenvalue weighted by Crippen LogP contribution is 2.52. The van der Waals surface area contributed by atoms with Crippen LogP contribution in [0.5, 0.6) is 11.5 Å². The van der Waals surface area contributed by atoms with Crippen LogP contribution in [-0.2, 0) is 48.3 Å². The molecule has 9 aromatic heterocycles. The van der Waals surface area contributed by atoms with E-state index in [1.54, 1.807) is 200 Å². The van der Waals surface area contributed by atoms with Crippen LogP contribution >= 0.6 is 86.8 Å². The molecule has 0 atom stereocenters. The fraction of sp³-hybridized carbons (Fsp3) is 0.330. The maximum absolute atomic E-state index is 12.5. The molecule has 5 amide bonds. The first-order valence-electron chi connectivity index (χ1n) is 43.6. The number of pyridine rings is 6. The van der Waals surface area contributed by atoms with Crippen molar-refractivity contribution in [3.63, 3.8) is 0 Å². The van der Waals surface area contributed by atoms with Crippen LogP contribution in [0.3, 0.4) is 0 Å². The largest absolute Gasteiger partial charge is 0.497 e. The highest BCUT2D eigenvalue weighted by molar-refractivity contribution is 14.1. The minimum Gasteiger partial charge on any atom is -0.497 e. The molecule has 0 aliphatic rings. The highest BCUT2D eigenvalue weighted by Gasteiger charge is 2.29. The number of aliphatic hydroxyl groups excluding tert-OH is 1. The average molecular weight is 2220 g/mol. The average Bonchev–Trinajstić information content (AvgIpc) is 1.69. The Morgan fingerprint density at radius 2 is 0.801 bits per heavy atom. The van der Waals surface area contributed by atoms with Crippen LogP contribution in [-0.4, -0.2) is 184 Å². The van der Waals surface area contributed by atoms with Crippen LogP contribution in [0, 0.1) is 61.4 Å². The third-order valence-corrected chi connectivity index (χ3v) is 23.3. The standard InChI is InChI=1S/C23H23N3O3S.C18H15N3S.C14H18N2O3.C14H16N2O3.C13H18NO4PS.C11H15IN2O2.C10H13IN2O2/c1-23(2,3)29-22(27)26(4)20-13-10-16(15-24-20)8-6-7-9-21-25-18-12-11-17(28-5)14-19(18)30-21;1-13-7-9-15-16(11-13)22-18(21-15)6-4-3-5-14-8-10-17(19-2)20-12-14;2*1-14(2,3)19-13(18)16(4)12-8-7-11(10-15-12)6-5-9-17;1-4-17-19(15,18-5-2)9-13-14-11-7-6-10(16-3)8-12(11)20-13;1-11(2,3)16-10(15)14(4)9-6-5-8(12)7-13-9;1-10(2,3)15-9(14)13-8-5-4-7(11)6-12-8/h7,9-15H,1-5H3;4,6-12H,1-2H3,(H,19,20);7-8,10,17H,9H2,1-4H3;7-10H,1-4H3;6-8H,4-5,9H2,1-3H3;5-7H,1-4H3;4-6H,1-3H3,(H,12,13,14)/b9-7+;6-4+;;;;;. The number of nitrogens with zero attached hydrogens (tertiary/aromatic N) is 13. The summed E-state index contributed by atoms with van der Waals surface area (Å²) in [4.78, 5) is 113. The molecule has 9 heterocycles. The number of hydrogen-bond acceptors (Lipinski definition) is 30. The number of rotatable bonds is 16. The molecule has 3 aromatic carbocycles. The molecule has 0 bridgehead atoms. The van der Waals surface area contributed by atoms with Crippen molar-refractivity contribution in [3.05, 3.63) is 227 Å². The number of methoxy groups -OCH3 is 2. The zero-order valence-corrected chi connectivity index (χ0v) is 91.2. The quantitative estimate of drug-likeness (QED) is 0.0266. The normalized spacial score (nSPS) is 10.9. The first-order chi connectivity index (χ1) is 66.4. The van der Waals surface area contributed by atoms with Crippen molar-refractivity contribution in [3.8, 4) is 58.9 Å². The molecule has 141 heavy (non-hydrogen) atoms.